The Labute approximate surface area is 135 Å². The zero-order chi connectivity index (χ0) is 16.4. The molecule has 1 aliphatic heterocycles. The number of benzene rings is 1. The second kappa shape index (κ2) is 6.57. The van der Waals surface area contributed by atoms with Crippen LogP contribution in [-0.4, -0.2) is 21.5 Å². The lowest BCUT2D eigenvalue weighted by Crippen LogP contribution is -2.44. The van der Waals surface area contributed by atoms with Crippen LogP contribution in [0.5, 0.6) is 5.75 Å². The monoisotopic (exact) mass is 320 g/mol. The summed E-state index contributed by atoms with van der Waals surface area (Å²) in [6.45, 7) is 16.3. The molecule has 0 radical (unpaired) electrons. The molecule has 1 aromatic rings. The third-order valence-electron chi connectivity index (χ3n) is 4.51. The van der Waals surface area contributed by atoms with Gasteiger partial charge in [0, 0.05) is 5.56 Å². The molecular formula is C18H28O3Si. The number of hydrogen-bond acceptors (Lipinski definition) is 3. The molecule has 0 unspecified atom stereocenters. The first-order valence-corrected chi connectivity index (χ1v) is 10.8. The standard InChI is InChI=1S/C18H28O3Si/c1-7-8-14-9-10-15(17-19-11-12-20-17)16(13-14)21-22(5,6)18(2,3)4/h7,9-10,13,17H,1,8,11-12H2,2-6H3. The van der Waals surface area contributed by atoms with Gasteiger partial charge in [-0.3, -0.25) is 0 Å². The maximum atomic E-state index is 6.54. The highest BCUT2D eigenvalue weighted by Gasteiger charge is 2.40. The molecule has 122 valence electrons. The Balaban J connectivity index is 2.36. The van der Waals surface area contributed by atoms with Gasteiger partial charge >= 0.3 is 0 Å². The molecule has 0 aliphatic carbocycles. The van der Waals surface area contributed by atoms with Crippen molar-refractivity contribution in [1.29, 1.82) is 0 Å². The van der Waals surface area contributed by atoms with E-state index in [1.54, 1.807) is 0 Å². The van der Waals surface area contributed by atoms with E-state index in [0.29, 0.717) is 13.2 Å². The first-order chi connectivity index (χ1) is 10.2. The Kier molecular flexibility index (Phi) is 5.15. The van der Waals surface area contributed by atoms with Crippen molar-refractivity contribution in [2.45, 2.75) is 51.6 Å². The van der Waals surface area contributed by atoms with Crippen molar-refractivity contribution in [2.75, 3.05) is 13.2 Å². The molecule has 1 saturated heterocycles. The molecule has 0 spiro atoms. The third kappa shape index (κ3) is 3.80. The average molecular weight is 321 g/mol. The van der Waals surface area contributed by atoms with Gasteiger partial charge in [-0.1, -0.05) is 32.9 Å². The van der Waals surface area contributed by atoms with Gasteiger partial charge in [-0.15, -0.1) is 6.58 Å². The molecule has 1 aromatic carbocycles. The van der Waals surface area contributed by atoms with Gasteiger partial charge in [-0.25, -0.2) is 0 Å². The topological polar surface area (TPSA) is 27.7 Å². The molecule has 2 rings (SSSR count). The highest BCUT2D eigenvalue weighted by atomic mass is 28.4. The Morgan fingerprint density at radius 2 is 1.91 bits per heavy atom. The Hall–Kier alpha value is -1.10. The second-order valence-corrected chi connectivity index (χ2v) is 12.0. The maximum Gasteiger partial charge on any atom is 0.250 e. The summed E-state index contributed by atoms with van der Waals surface area (Å²) in [5.41, 5.74) is 2.19. The van der Waals surface area contributed by atoms with Gasteiger partial charge in [0.15, 0.2) is 6.29 Å². The van der Waals surface area contributed by atoms with Crippen LogP contribution in [0.4, 0.5) is 0 Å². The van der Waals surface area contributed by atoms with E-state index in [4.69, 9.17) is 13.9 Å². The van der Waals surface area contributed by atoms with Gasteiger partial charge in [0.2, 0.25) is 8.32 Å². The Morgan fingerprint density at radius 1 is 1.27 bits per heavy atom. The summed E-state index contributed by atoms with van der Waals surface area (Å²) < 4.78 is 17.9. The van der Waals surface area contributed by atoms with Crippen molar-refractivity contribution in [3.05, 3.63) is 42.0 Å². The van der Waals surface area contributed by atoms with Crippen LogP contribution < -0.4 is 4.43 Å². The van der Waals surface area contributed by atoms with Gasteiger partial charge in [0.25, 0.3) is 0 Å². The molecule has 0 aromatic heterocycles. The summed E-state index contributed by atoms with van der Waals surface area (Å²) >= 11 is 0. The van der Waals surface area contributed by atoms with Crippen LogP contribution in [0.3, 0.4) is 0 Å². The molecule has 1 aliphatic rings. The molecule has 3 nitrogen and oxygen atoms in total. The van der Waals surface area contributed by atoms with Crippen LogP contribution in [0.2, 0.25) is 18.1 Å². The smallest absolute Gasteiger partial charge is 0.250 e. The highest BCUT2D eigenvalue weighted by Crippen LogP contribution is 2.40. The fraction of sp³-hybridized carbons (Fsp3) is 0.556. The van der Waals surface area contributed by atoms with Crippen LogP contribution in [0, 0.1) is 0 Å². The number of hydrogen-bond donors (Lipinski definition) is 0. The van der Waals surface area contributed by atoms with Gasteiger partial charge in [-0.05, 0) is 42.2 Å². The predicted molar refractivity (Wildman–Crippen MR) is 92.8 cm³/mol. The third-order valence-corrected chi connectivity index (χ3v) is 8.85. The van der Waals surface area contributed by atoms with E-state index in [1.807, 2.05) is 6.08 Å². The van der Waals surface area contributed by atoms with Crippen LogP contribution >= 0.6 is 0 Å². The fourth-order valence-electron chi connectivity index (χ4n) is 2.12. The van der Waals surface area contributed by atoms with E-state index >= 15 is 0 Å². The minimum Gasteiger partial charge on any atom is -0.543 e. The van der Waals surface area contributed by atoms with Crippen LogP contribution in [0.25, 0.3) is 0 Å². The highest BCUT2D eigenvalue weighted by molar-refractivity contribution is 6.74. The van der Waals surface area contributed by atoms with Crippen molar-refractivity contribution < 1.29 is 13.9 Å². The lowest BCUT2D eigenvalue weighted by Gasteiger charge is -2.37. The molecule has 4 heteroatoms. The van der Waals surface area contributed by atoms with E-state index in [-0.39, 0.29) is 11.3 Å². The molecule has 1 fully saturated rings. The molecule has 0 saturated carbocycles. The fourth-order valence-corrected chi connectivity index (χ4v) is 3.15. The number of ether oxygens (including phenoxy) is 2. The molecule has 0 atom stereocenters. The maximum absolute atomic E-state index is 6.54. The van der Waals surface area contributed by atoms with Gasteiger partial charge < -0.3 is 13.9 Å². The summed E-state index contributed by atoms with van der Waals surface area (Å²) in [6, 6.07) is 6.28. The predicted octanol–water partition coefficient (Wildman–Crippen LogP) is 4.84. The van der Waals surface area contributed by atoms with Gasteiger partial charge in [0.1, 0.15) is 5.75 Å². The minimum absolute atomic E-state index is 0.149. The van der Waals surface area contributed by atoms with Crippen LogP contribution in [0.15, 0.2) is 30.9 Å². The summed E-state index contributed by atoms with van der Waals surface area (Å²) in [7, 11) is -1.91. The van der Waals surface area contributed by atoms with Crippen molar-refractivity contribution in [3.63, 3.8) is 0 Å². The number of rotatable bonds is 5. The van der Waals surface area contributed by atoms with E-state index in [1.165, 1.54) is 5.56 Å². The molecule has 0 amide bonds. The van der Waals surface area contributed by atoms with E-state index in [0.717, 1.165) is 17.7 Å². The van der Waals surface area contributed by atoms with Crippen molar-refractivity contribution in [3.8, 4) is 5.75 Å². The molecule has 0 bridgehead atoms. The van der Waals surface area contributed by atoms with Gasteiger partial charge in [-0.2, -0.15) is 0 Å². The van der Waals surface area contributed by atoms with Crippen molar-refractivity contribution >= 4 is 8.32 Å². The molecule has 1 heterocycles. The summed E-state index contributed by atoms with van der Waals surface area (Å²) in [6.07, 6.45) is 2.44. The SMILES string of the molecule is C=CCc1ccc(C2OCCO2)c(O[Si](C)(C)C(C)(C)C)c1. The Morgan fingerprint density at radius 3 is 2.45 bits per heavy atom. The lowest BCUT2D eigenvalue weighted by molar-refractivity contribution is -0.0450. The average Bonchev–Trinajstić information content (AvgIpc) is 2.91. The summed E-state index contributed by atoms with van der Waals surface area (Å²) in [4.78, 5) is 0. The van der Waals surface area contributed by atoms with Gasteiger partial charge in [0.05, 0.1) is 13.2 Å². The lowest BCUT2D eigenvalue weighted by atomic mass is 10.1. The largest absolute Gasteiger partial charge is 0.543 e. The first kappa shape index (κ1) is 17.3. The van der Waals surface area contributed by atoms with Crippen LogP contribution in [-0.2, 0) is 15.9 Å². The summed E-state index contributed by atoms with van der Waals surface area (Å²) in [5.74, 6) is 0.901. The quantitative estimate of drug-likeness (QED) is 0.573. The number of allylic oxidation sites excluding steroid dienone is 1. The second-order valence-electron chi connectivity index (χ2n) is 7.30. The zero-order valence-electron chi connectivity index (χ0n) is 14.4. The minimum atomic E-state index is -1.91. The van der Waals surface area contributed by atoms with E-state index in [2.05, 4.69) is 58.6 Å². The normalized spacial score (nSPS) is 16.8. The first-order valence-electron chi connectivity index (χ1n) is 7.90. The molecular weight excluding hydrogens is 292 g/mol. The molecule has 22 heavy (non-hydrogen) atoms. The van der Waals surface area contributed by atoms with E-state index < -0.39 is 8.32 Å². The van der Waals surface area contributed by atoms with Crippen molar-refractivity contribution in [2.24, 2.45) is 0 Å². The zero-order valence-corrected chi connectivity index (χ0v) is 15.4. The van der Waals surface area contributed by atoms with E-state index in [9.17, 15) is 0 Å². The summed E-state index contributed by atoms with van der Waals surface area (Å²) in [5, 5.41) is 0.149. The molecule has 0 N–H and O–H groups in total. The van der Waals surface area contributed by atoms with Crippen LogP contribution in [0.1, 0.15) is 38.2 Å². The van der Waals surface area contributed by atoms with Crippen molar-refractivity contribution in [1.82, 2.24) is 0 Å². The Bertz CT molecular complexity index is 526.